The summed E-state index contributed by atoms with van der Waals surface area (Å²) in [6.07, 6.45) is 12.0. The Morgan fingerprint density at radius 2 is 1.42 bits per heavy atom. The second-order valence-corrected chi connectivity index (χ2v) is 10.3. The molecule has 1 N–H and O–H groups in total. The molecule has 2 aliphatic heterocycles. The van der Waals surface area contributed by atoms with Crippen molar-refractivity contribution in [3.8, 4) is 0 Å². The van der Waals surface area contributed by atoms with Gasteiger partial charge in [0.15, 0.2) is 0 Å². The van der Waals surface area contributed by atoms with Gasteiger partial charge in [-0.2, -0.15) is 0 Å². The van der Waals surface area contributed by atoms with Crippen molar-refractivity contribution in [2.24, 2.45) is 29.6 Å². The Kier molecular flexibility index (Phi) is 3.46. The van der Waals surface area contributed by atoms with Crippen molar-refractivity contribution in [2.75, 3.05) is 13.1 Å². The van der Waals surface area contributed by atoms with E-state index in [0.29, 0.717) is 5.92 Å². The topological polar surface area (TPSA) is 23.5 Å². The first-order valence-corrected chi connectivity index (χ1v) is 11.2. The standard InChI is InChI=1S/C24H33NO/c26-24(21-6-2-1-3-7-21,23-8-4-10-25(23)11-5-9-23)22-19-13-17-12-18(15-19)16-20(22)14-17/h1-3,6-7,17-20,22,26H,4-5,8-16H2. The molecule has 2 saturated heterocycles. The van der Waals surface area contributed by atoms with E-state index < -0.39 is 5.60 Å². The summed E-state index contributed by atoms with van der Waals surface area (Å²) >= 11 is 0. The summed E-state index contributed by atoms with van der Waals surface area (Å²) in [6.45, 7) is 2.39. The number of nitrogens with zero attached hydrogens (tertiary/aromatic N) is 1. The van der Waals surface area contributed by atoms with E-state index in [1.54, 1.807) is 0 Å². The Hall–Kier alpha value is -0.860. The minimum atomic E-state index is -0.649. The Bertz CT molecular complexity index is 647. The lowest BCUT2D eigenvalue weighted by Gasteiger charge is -2.62. The Labute approximate surface area is 158 Å². The summed E-state index contributed by atoms with van der Waals surface area (Å²) in [7, 11) is 0. The van der Waals surface area contributed by atoms with Crippen molar-refractivity contribution in [3.05, 3.63) is 35.9 Å². The van der Waals surface area contributed by atoms with Gasteiger partial charge in [0.05, 0.1) is 5.54 Å². The summed E-state index contributed by atoms with van der Waals surface area (Å²) in [5.41, 5.74) is 0.587. The van der Waals surface area contributed by atoms with Gasteiger partial charge in [-0.3, -0.25) is 4.90 Å². The highest BCUT2D eigenvalue weighted by molar-refractivity contribution is 5.32. The van der Waals surface area contributed by atoms with Gasteiger partial charge in [0.1, 0.15) is 5.60 Å². The van der Waals surface area contributed by atoms with Crippen LogP contribution in [0.15, 0.2) is 30.3 Å². The summed E-state index contributed by atoms with van der Waals surface area (Å²) in [5, 5.41) is 12.8. The van der Waals surface area contributed by atoms with Crippen LogP contribution in [0.1, 0.15) is 63.4 Å². The monoisotopic (exact) mass is 351 g/mol. The second kappa shape index (κ2) is 5.58. The fraction of sp³-hybridized carbons (Fsp3) is 0.750. The molecule has 7 rings (SSSR count). The first kappa shape index (κ1) is 16.1. The van der Waals surface area contributed by atoms with Gasteiger partial charge >= 0.3 is 0 Å². The van der Waals surface area contributed by atoms with E-state index >= 15 is 0 Å². The van der Waals surface area contributed by atoms with Crippen molar-refractivity contribution < 1.29 is 5.11 Å². The van der Waals surface area contributed by atoms with E-state index in [0.717, 1.165) is 23.7 Å². The highest BCUT2D eigenvalue weighted by Crippen LogP contribution is 2.65. The van der Waals surface area contributed by atoms with Crippen LogP contribution in [-0.4, -0.2) is 28.6 Å². The van der Waals surface area contributed by atoms with E-state index in [1.165, 1.54) is 76.4 Å². The van der Waals surface area contributed by atoms with Gasteiger partial charge in [-0.05, 0) is 106 Å². The van der Waals surface area contributed by atoms with Gasteiger partial charge in [-0.1, -0.05) is 30.3 Å². The molecular weight excluding hydrogens is 318 g/mol. The van der Waals surface area contributed by atoms with Gasteiger partial charge in [0.2, 0.25) is 0 Å². The van der Waals surface area contributed by atoms with Crippen molar-refractivity contribution >= 4 is 0 Å². The molecule has 1 atom stereocenters. The molecule has 4 aliphatic carbocycles. The maximum atomic E-state index is 12.8. The van der Waals surface area contributed by atoms with Crippen LogP contribution in [0, 0.1) is 29.6 Å². The molecule has 4 saturated carbocycles. The number of aliphatic hydroxyl groups is 1. The van der Waals surface area contributed by atoms with Gasteiger partial charge in [-0.25, -0.2) is 0 Å². The molecule has 140 valence electrons. The van der Waals surface area contributed by atoms with Gasteiger partial charge in [0, 0.05) is 0 Å². The lowest BCUT2D eigenvalue weighted by Crippen LogP contribution is -2.65. The fourth-order valence-corrected chi connectivity index (χ4v) is 8.80. The first-order valence-electron chi connectivity index (χ1n) is 11.2. The van der Waals surface area contributed by atoms with Crippen molar-refractivity contribution in [3.63, 3.8) is 0 Å². The molecule has 2 heteroatoms. The third-order valence-corrected chi connectivity index (χ3v) is 9.27. The summed E-state index contributed by atoms with van der Waals surface area (Å²) in [6, 6.07) is 10.9. The van der Waals surface area contributed by atoms with E-state index in [2.05, 4.69) is 35.2 Å². The molecule has 0 amide bonds. The maximum absolute atomic E-state index is 12.8. The van der Waals surface area contributed by atoms with Crippen LogP contribution in [0.3, 0.4) is 0 Å². The molecule has 0 spiro atoms. The lowest BCUT2D eigenvalue weighted by molar-refractivity contribution is -0.201. The van der Waals surface area contributed by atoms with Crippen LogP contribution in [0.5, 0.6) is 0 Å². The molecule has 6 aliphatic rings. The minimum Gasteiger partial charge on any atom is -0.383 e. The van der Waals surface area contributed by atoms with Crippen molar-refractivity contribution in [2.45, 2.75) is 68.9 Å². The van der Waals surface area contributed by atoms with Crippen LogP contribution in [0.25, 0.3) is 0 Å². The van der Waals surface area contributed by atoms with E-state index in [9.17, 15) is 5.11 Å². The Balaban J connectivity index is 1.51. The van der Waals surface area contributed by atoms with Crippen LogP contribution in [0.2, 0.25) is 0 Å². The molecule has 2 nitrogen and oxygen atoms in total. The zero-order valence-corrected chi connectivity index (χ0v) is 15.9. The first-order chi connectivity index (χ1) is 12.7. The molecule has 1 aromatic rings. The lowest BCUT2D eigenvalue weighted by atomic mass is 9.45. The summed E-state index contributed by atoms with van der Waals surface area (Å²) in [4.78, 5) is 2.70. The normalized spacial score (nSPS) is 42.7. The van der Waals surface area contributed by atoms with E-state index in [-0.39, 0.29) is 5.54 Å². The molecule has 2 heterocycles. The SMILES string of the molecule is OC(c1ccccc1)(C1C2CC3CC(C2)CC1C3)C12CCCN1CCC2. The maximum Gasteiger partial charge on any atom is 0.111 e. The quantitative estimate of drug-likeness (QED) is 0.862. The smallest absolute Gasteiger partial charge is 0.111 e. The summed E-state index contributed by atoms with van der Waals surface area (Å²) in [5.74, 6) is 3.93. The highest BCUT2D eigenvalue weighted by atomic mass is 16.3. The van der Waals surface area contributed by atoms with Crippen LogP contribution >= 0.6 is 0 Å². The molecular formula is C24H33NO. The number of benzene rings is 1. The van der Waals surface area contributed by atoms with Crippen molar-refractivity contribution in [1.82, 2.24) is 4.90 Å². The Morgan fingerprint density at radius 3 is 2.00 bits per heavy atom. The molecule has 0 radical (unpaired) electrons. The molecule has 0 aromatic heterocycles. The zero-order valence-electron chi connectivity index (χ0n) is 15.9. The fourth-order valence-electron chi connectivity index (χ4n) is 8.80. The van der Waals surface area contributed by atoms with Crippen molar-refractivity contribution in [1.29, 1.82) is 0 Å². The zero-order chi connectivity index (χ0) is 17.4. The summed E-state index contributed by atoms with van der Waals surface area (Å²) < 4.78 is 0. The Morgan fingerprint density at radius 1 is 0.846 bits per heavy atom. The highest BCUT2D eigenvalue weighted by Gasteiger charge is 2.66. The van der Waals surface area contributed by atoms with E-state index in [1.807, 2.05) is 0 Å². The number of rotatable bonds is 3. The van der Waals surface area contributed by atoms with Gasteiger partial charge < -0.3 is 5.11 Å². The average molecular weight is 352 g/mol. The number of hydrogen-bond donors (Lipinski definition) is 1. The molecule has 6 fully saturated rings. The largest absolute Gasteiger partial charge is 0.383 e. The van der Waals surface area contributed by atoms with Crippen LogP contribution in [-0.2, 0) is 5.60 Å². The third-order valence-electron chi connectivity index (χ3n) is 9.27. The third kappa shape index (κ3) is 1.96. The second-order valence-electron chi connectivity index (χ2n) is 10.3. The predicted molar refractivity (Wildman–Crippen MR) is 104 cm³/mol. The molecule has 1 unspecified atom stereocenters. The van der Waals surface area contributed by atoms with Gasteiger partial charge in [0.25, 0.3) is 0 Å². The minimum absolute atomic E-state index is 0.00832. The van der Waals surface area contributed by atoms with Gasteiger partial charge in [-0.15, -0.1) is 0 Å². The molecule has 26 heavy (non-hydrogen) atoms. The van der Waals surface area contributed by atoms with Crippen LogP contribution in [0.4, 0.5) is 0 Å². The molecule has 4 bridgehead atoms. The van der Waals surface area contributed by atoms with Crippen LogP contribution < -0.4 is 0 Å². The number of fused-ring (bicyclic) bond motifs is 1. The predicted octanol–water partition coefficient (Wildman–Crippen LogP) is 4.57. The average Bonchev–Trinajstić information content (AvgIpc) is 3.22. The number of hydrogen-bond acceptors (Lipinski definition) is 2. The van der Waals surface area contributed by atoms with E-state index in [4.69, 9.17) is 0 Å². The molecule has 1 aromatic carbocycles.